The molecule has 0 aromatic heterocycles. The first-order valence-electron chi connectivity index (χ1n) is 8.39. The summed E-state index contributed by atoms with van der Waals surface area (Å²) in [4.78, 5) is 0. The van der Waals surface area contributed by atoms with E-state index >= 15 is 0 Å². The first-order chi connectivity index (χ1) is 9.99. The van der Waals surface area contributed by atoms with E-state index in [4.69, 9.17) is 0 Å². The van der Waals surface area contributed by atoms with Crippen LogP contribution in [0, 0.1) is 22.7 Å². The van der Waals surface area contributed by atoms with E-state index in [0.29, 0.717) is 0 Å². The zero-order chi connectivity index (χ0) is 15.3. The summed E-state index contributed by atoms with van der Waals surface area (Å²) in [5, 5.41) is 0. The van der Waals surface area contributed by atoms with Gasteiger partial charge in [-0.2, -0.15) is 0 Å². The molecular weight excluding hydrogens is 256 g/mol. The Balaban J connectivity index is 0.000000152. The van der Waals surface area contributed by atoms with Crippen LogP contribution >= 0.6 is 0 Å². The number of benzene rings is 1. The van der Waals surface area contributed by atoms with Gasteiger partial charge in [0, 0.05) is 14.2 Å². The molecule has 0 spiro atoms. The summed E-state index contributed by atoms with van der Waals surface area (Å²) >= 11 is 0. The quantitative estimate of drug-likeness (QED) is 0.607. The second kappa shape index (κ2) is 6.96. The summed E-state index contributed by atoms with van der Waals surface area (Å²) in [6.45, 7) is 5.09. The van der Waals surface area contributed by atoms with E-state index in [1.165, 1.54) is 6.42 Å². The lowest BCUT2D eigenvalue weighted by Gasteiger charge is -2.60. The lowest BCUT2D eigenvalue weighted by Crippen LogP contribution is -2.49. The predicted molar refractivity (Wildman–Crippen MR) is 90.3 cm³/mol. The number of ether oxygens (including phenoxy) is 1. The van der Waals surface area contributed by atoms with Crippen LogP contribution in [0.2, 0.25) is 0 Å². The van der Waals surface area contributed by atoms with Crippen LogP contribution < -0.4 is 0 Å². The Kier molecular flexibility index (Phi) is 5.48. The third-order valence-corrected chi connectivity index (χ3v) is 5.31. The topological polar surface area (TPSA) is 9.23 Å². The lowest BCUT2D eigenvalue weighted by molar-refractivity contribution is -0.0920. The Labute approximate surface area is 131 Å². The van der Waals surface area contributed by atoms with Gasteiger partial charge in [-0.25, -0.2) is 0 Å². The Hall–Kier alpha value is -0.820. The monoisotopic (exact) mass is 288 g/mol. The largest absolute Gasteiger partial charge is 0.388 e. The van der Waals surface area contributed by atoms with Crippen molar-refractivity contribution < 1.29 is 4.74 Å². The van der Waals surface area contributed by atoms with Crippen LogP contribution in [-0.4, -0.2) is 14.2 Å². The molecule has 0 N–H and O–H groups in total. The van der Waals surface area contributed by atoms with Crippen molar-refractivity contribution in [1.29, 1.82) is 0 Å². The smallest absolute Gasteiger partial charge is 0.0351 e. The molecule has 0 radical (unpaired) electrons. The lowest BCUT2D eigenvalue weighted by atomic mass is 9.45. The van der Waals surface area contributed by atoms with E-state index < -0.39 is 0 Å². The van der Waals surface area contributed by atoms with Crippen LogP contribution in [0.25, 0.3) is 0 Å². The van der Waals surface area contributed by atoms with Gasteiger partial charge in [0.25, 0.3) is 0 Å². The van der Waals surface area contributed by atoms with E-state index in [1.54, 1.807) is 46.3 Å². The molecule has 0 aliphatic heterocycles. The normalized spacial score (nSPS) is 38.9. The van der Waals surface area contributed by atoms with Crippen molar-refractivity contribution in [2.24, 2.45) is 22.7 Å². The third kappa shape index (κ3) is 4.57. The first kappa shape index (κ1) is 16.5. The molecule has 21 heavy (non-hydrogen) atoms. The van der Waals surface area contributed by atoms with Crippen LogP contribution in [0.15, 0.2) is 36.4 Å². The van der Waals surface area contributed by atoms with Gasteiger partial charge in [0.1, 0.15) is 0 Å². The van der Waals surface area contributed by atoms with Gasteiger partial charge in [-0.1, -0.05) is 50.2 Å². The molecule has 1 nitrogen and oxygen atoms in total. The van der Waals surface area contributed by atoms with Crippen LogP contribution in [0.1, 0.15) is 52.4 Å². The summed E-state index contributed by atoms with van der Waals surface area (Å²) in [7, 11) is 3.25. The number of rotatable bonds is 0. The molecule has 1 aromatic carbocycles. The third-order valence-electron chi connectivity index (χ3n) is 5.31. The number of hydrogen-bond acceptors (Lipinski definition) is 1. The van der Waals surface area contributed by atoms with Crippen molar-refractivity contribution in [3.8, 4) is 0 Å². The molecule has 0 heterocycles. The zero-order valence-electron chi connectivity index (χ0n) is 14.3. The van der Waals surface area contributed by atoms with Crippen molar-refractivity contribution in [2.45, 2.75) is 52.4 Å². The van der Waals surface area contributed by atoms with Crippen LogP contribution in [0.5, 0.6) is 0 Å². The molecule has 5 rings (SSSR count). The molecule has 118 valence electrons. The minimum absolute atomic E-state index is 0.763. The fraction of sp³-hybridized carbons (Fsp3) is 0.700. The summed E-state index contributed by atoms with van der Waals surface area (Å²) in [5.74, 6) is 2.22. The van der Waals surface area contributed by atoms with Crippen molar-refractivity contribution in [3.05, 3.63) is 36.4 Å². The molecule has 0 saturated heterocycles. The van der Waals surface area contributed by atoms with Crippen molar-refractivity contribution in [3.63, 3.8) is 0 Å². The highest BCUT2D eigenvalue weighted by molar-refractivity contribution is 5.04. The Morgan fingerprint density at radius 1 is 0.714 bits per heavy atom. The molecule has 4 fully saturated rings. The number of methoxy groups -OCH3 is 1. The van der Waals surface area contributed by atoms with Gasteiger partial charge in [-0.05, 0) is 61.2 Å². The molecule has 0 atom stereocenters. The fourth-order valence-corrected chi connectivity index (χ4v) is 5.61. The Morgan fingerprint density at radius 3 is 1.24 bits per heavy atom. The second-order valence-corrected chi connectivity index (χ2v) is 8.15. The minimum Gasteiger partial charge on any atom is -0.388 e. The summed E-state index contributed by atoms with van der Waals surface area (Å²) in [5.41, 5.74) is 1.53. The van der Waals surface area contributed by atoms with Crippen molar-refractivity contribution in [1.82, 2.24) is 0 Å². The fourth-order valence-electron chi connectivity index (χ4n) is 5.61. The van der Waals surface area contributed by atoms with E-state index in [9.17, 15) is 0 Å². The summed E-state index contributed by atoms with van der Waals surface area (Å²) < 4.78 is 4.25. The van der Waals surface area contributed by atoms with Gasteiger partial charge >= 0.3 is 0 Å². The maximum Gasteiger partial charge on any atom is 0.0351 e. The Morgan fingerprint density at radius 2 is 1.00 bits per heavy atom. The minimum atomic E-state index is 0.763. The van der Waals surface area contributed by atoms with Crippen LogP contribution in [0.4, 0.5) is 0 Å². The molecule has 4 aliphatic carbocycles. The number of hydrogen-bond donors (Lipinski definition) is 0. The molecule has 1 heteroatoms. The zero-order valence-corrected chi connectivity index (χ0v) is 14.3. The van der Waals surface area contributed by atoms with E-state index in [0.717, 1.165) is 22.7 Å². The van der Waals surface area contributed by atoms with Crippen molar-refractivity contribution in [2.75, 3.05) is 14.2 Å². The van der Waals surface area contributed by atoms with E-state index in [-0.39, 0.29) is 0 Å². The van der Waals surface area contributed by atoms with Crippen LogP contribution in [-0.2, 0) is 4.74 Å². The molecule has 4 saturated carbocycles. The average molecular weight is 288 g/mol. The maximum absolute atomic E-state index is 4.25. The van der Waals surface area contributed by atoms with Gasteiger partial charge in [0.05, 0.1) is 0 Å². The predicted octanol–water partition coefficient (Wildman–Crippen LogP) is 5.56. The van der Waals surface area contributed by atoms with E-state index in [1.807, 2.05) is 36.4 Å². The van der Waals surface area contributed by atoms with Gasteiger partial charge in [0.2, 0.25) is 0 Å². The molecule has 0 unspecified atom stereocenters. The van der Waals surface area contributed by atoms with Gasteiger partial charge in [0.15, 0.2) is 0 Å². The van der Waals surface area contributed by atoms with Gasteiger partial charge in [-0.3, -0.25) is 0 Å². The highest BCUT2D eigenvalue weighted by Crippen LogP contribution is 2.64. The van der Waals surface area contributed by atoms with Gasteiger partial charge < -0.3 is 4.74 Å². The maximum atomic E-state index is 4.25. The molecule has 0 amide bonds. The molecule has 1 aromatic rings. The standard InChI is InChI=1S/C12H20.C6H6.C2H6O/c1-11-4-9-3-10(5-11)7-12(2,6-9)8-11;1-2-4-6-5-3-1;1-3-2/h9-10H,3-8H2,1-2H3;1-6H;1-2H3. The summed E-state index contributed by atoms with van der Waals surface area (Å²) in [6.07, 6.45) is 9.33. The van der Waals surface area contributed by atoms with Crippen molar-refractivity contribution >= 4 is 0 Å². The molecule has 4 aliphatic rings. The highest BCUT2D eigenvalue weighted by atomic mass is 16.4. The molecular formula is C20H32O. The second-order valence-electron chi connectivity index (χ2n) is 8.15. The molecule has 4 bridgehead atoms. The Bertz CT molecular complexity index is 350. The van der Waals surface area contributed by atoms with Crippen LogP contribution in [0.3, 0.4) is 0 Å². The highest BCUT2D eigenvalue weighted by Gasteiger charge is 2.53. The average Bonchev–Trinajstić information content (AvgIpc) is 2.38. The van der Waals surface area contributed by atoms with E-state index in [2.05, 4.69) is 18.6 Å². The summed E-state index contributed by atoms with van der Waals surface area (Å²) in [6, 6.07) is 12.0. The first-order valence-corrected chi connectivity index (χ1v) is 8.39. The van der Waals surface area contributed by atoms with Gasteiger partial charge in [-0.15, -0.1) is 0 Å². The SMILES string of the molecule is CC12CC3CC(C1)CC(C)(C3)C2.COC.c1ccccc1.